The van der Waals surface area contributed by atoms with Crippen molar-refractivity contribution in [3.8, 4) is 11.1 Å². The maximum Gasteiger partial charge on any atom is 0.225 e. The van der Waals surface area contributed by atoms with E-state index in [-0.39, 0.29) is 0 Å². The van der Waals surface area contributed by atoms with Crippen LogP contribution in [0.2, 0.25) is 5.28 Å². The van der Waals surface area contributed by atoms with Crippen molar-refractivity contribution < 1.29 is 0 Å². The average Bonchev–Trinajstić information content (AvgIpc) is 3.08. The van der Waals surface area contributed by atoms with Crippen LogP contribution in [0.4, 0.5) is 5.82 Å². The first kappa shape index (κ1) is 19.5. The molecule has 2 aromatic carbocycles. The molecule has 0 unspecified atom stereocenters. The number of aryl methyl sites for hydroxylation is 1. The van der Waals surface area contributed by atoms with Gasteiger partial charge in [0.15, 0.2) is 0 Å². The summed E-state index contributed by atoms with van der Waals surface area (Å²) in [5, 5.41) is 1.44. The summed E-state index contributed by atoms with van der Waals surface area (Å²) in [6.45, 7) is 8.39. The Morgan fingerprint density at radius 2 is 1.73 bits per heavy atom. The SMILES string of the molecule is Cc1sc2nc(Cl)nc(N3CCc4ccccc4C3)c2c1-c1ccc(C(C)C)cc1. The molecule has 30 heavy (non-hydrogen) atoms. The number of halogens is 1. The molecular weight excluding hydrogens is 410 g/mol. The van der Waals surface area contributed by atoms with E-state index in [9.17, 15) is 0 Å². The molecule has 0 spiro atoms. The van der Waals surface area contributed by atoms with Crippen LogP contribution in [0.25, 0.3) is 21.3 Å². The number of nitrogens with zero attached hydrogens (tertiary/aromatic N) is 3. The number of anilines is 1. The predicted molar refractivity (Wildman–Crippen MR) is 128 cm³/mol. The molecule has 2 aromatic heterocycles. The molecule has 3 nitrogen and oxygen atoms in total. The summed E-state index contributed by atoms with van der Waals surface area (Å²) in [5.41, 5.74) is 6.59. The largest absolute Gasteiger partial charge is 0.351 e. The number of rotatable bonds is 3. The van der Waals surface area contributed by atoms with Gasteiger partial charge < -0.3 is 4.90 Å². The Balaban J connectivity index is 1.66. The highest BCUT2D eigenvalue weighted by Crippen LogP contribution is 2.43. The van der Waals surface area contributed by atoms with E-state index in [1.165, 1.54) is 32.7 Å². The highest BCUT2D eigenvalue weighted by molar-refractivity contribution is 7.19. The van der Waals surface area contributed by atoms with Crippen molar-refractivity contribution in [2.45, 2.75) is 39.7 Å². The van der Waals surface area contributed by atoms with E-state index in [0.717, 1.165) is 35.5 Å². The van der Waals surface area contributed by atoms with Crippen LogP contribution >= 0.6 is 22.9 Å². The first-order valence-electron chi connectivity index (χ1n) is 10.4. The van der Waals surface area contributed by atoms with Crippen molar-refractivity contribution in [3.63, 3.8) is 0 Å². The van der Waals surface area contributed by atoms with Gasteiger partial charge in [-0.1, -0.05) is 62.4 Å². The van der Waals surface area contributed by atoms with Gasteiger partial charge in [0.25, 0.3) is 0 Å². The van der Waals surface area contributed by atoms with Crippen LogP contribution in [0, 0.1) is 6.92 Å². The molecule has 0 saturated carbocycles. The van der Waals surface area contributed by atoms with Crippen LogP contribution in [0.1, 0.15) is 41.3 Å². The van der Waals surface area contributed by atoms with Crippen LogP contribution < -0.4 is 4.90 Å². The molecule has 0 amide bonds. The van der Waals surface area contributed by atoms with Gasteiger partial charge in [-0.25, -0.2) is 4.98 Å². The molecule has 5 heteroatoms. The quantitative estimate of drug-likeness (QED) is 0.325. The van der Waals surface area contributed by atoms with E-state index in [2.05, 4.69) is 79.2 Å². The summed E-state index contributed by atoms with van der Waals surface area (Å²) >= 11 is 8.06. The van der Waals surface area contributed by atoms with Crippen LogP contribution in [0.15, 0.2) is 48.5 Å². The zero-order valence-corrected chi connectivity index (χ0v) is 19.0. The number of hydrogen-bond donors (Lipinski definition) is 0. The van der Waals surface area contributed by atoms with Crippen molar-refractivity contribution in [1.82, 2.24) is 9.97 Å². The van der Waals surface area contributed by atoms with E-state index < -0.39 is 0 Å². The maximum absolute atomic E-state index is 6.36. The lowest BCUT2D eigenvalue weighted by atomic mass is 9.97. The topological polar surface area (TPSA) is 29.0 Å². The summed E-state index contributed by atoms with van der Waals surface area (Å²) in [6, 6.07) is 17.6. The Kier molecular flexibility index (Phi) is 5.00. The molecule has 0 saturated heterocycles. The van der Waals surface area contributed by atoms with E-state index >= 15 is 0 Å². The van der Waals surface area contributed by atoms with Gasteiger partial charge in [0.1, 0.15) is 10.6 Å². The lowest BCUT2D eigenvalue weighted by Crippen LogP contribution is -2.31. The average molecular weight is 434 g/mol. The van der Waals surface area contributed by atoms with Gasteiger partial charge in [0.2, 0.25) is 5.28 Å². The molecule has 1 aliphatic heterocycles. The van der Waals surface area contributed by atoms with E-state index in [1.807, 2.05) is 0 Å². The Labute approximate surface area is 186 Å². The summed E-state index contributed by atoms with van der Waals surface area (Å²) in [7, 11) is 0. The van der Waals surface area contributed by atoms with Crippen molar-refractivity contribution in [2.24, 2.45) is 0 Å². The Bertz CT molecular complexity index is 1230. The van der Waals surface area contributed by atoms with Gasteiger partial charge in [-0.15, -0.1) is 11.3 Å². The normalized spacial score (nSPS) is 13.8. The number of thiophene rings is 1. The molecule has 3 heterocycles. The van der Waals surface area contributed by atoms with Gasteiger partial charge in [-0.3, -0.25) is 0 Å². The van der Waals surface area contributed by atoms with Crippen molar-refractivity contribution in [1.29, 1.82) is 0 Å². The maximum atomic E-state index is 6.36. The summed E-state index contributed by atoms with van der Waals surface area (Å²) < 4.78 is 0. The van der Waals surface area contributed by atoms with Gasteiger partial charge in [-0.2, -0.15) is 4.98 Å². The molecule has 0 N–H and O–H groups in total. The zero-order chi connectivity index (χ0) is 20.8. The smallest absolute Gasteiger partial charge is 0.225 e. The summed E-state index contributed by atoms with van der Waals surface area (Å²) in [6.07, 6.45) is 1.01. The Hall–Kier alpha value is -2.43. The monoisotopic (exact) mass is 433 g/mol. The lowest BCUT2D eigenvalue weighted by Gasteiger charge is -2.30. The molecule has 152 valence electrons. The molecule has 0 bridgehead atoms. The molecule has 0 aliphatic carbocycles. The number of benzene rings is 2. The zero-order valence-electron chi connectivity index (χ0n) is 17.4. The fourth-order valence-electron chi connectivity index (χ4n) is 4.36. The first-order chi connectivity index (χ1) is 14.5. The molecule has 5 rings (SSSR count). The van der Waals surface area contributed by atoms with Crippen LogP contribution in [0.5, 0.6) is 0 Å². The van der Waals surface area contributed by atoms with Crippen molar-refractivity contribution >= 4 is 39.0 Å². The summed E-state index contributed by atoms with van der Waals surface area (Å²) in [4.78, 5) is 13.9. The fourth-order valence-corrected chi connectivity index (χ4v) is 5.61. The van der Waals surface area contributed by atoms with Gasteiger partial charge >= 0.3 is 0 Å². The minimum absolute atomic E-state index is 0.319. The lowest BCUT2D eigenvalue weighted by molar-refractivity contribution is 0.723. The summed E-state index contributed by atoms with van der Waals surface area (Å²) in [5.74, 6) is 1.47. The minimum Gasteiger partial charge on any atom is -0.351 e. The van der Waals surface area contributed by atoms with E-state index in [1.54, 1.807) is 11.3 Å². The molecular formula is C25H24ClN3S. The van der Waals surface area contributed by atoms with E-state index in [0.29, 0.717) is 11.2 Å². The Morgan fingerprint density at radius 1 is 1.00 bits per heavy atom. The number of aromatic nitrogens is 2. The molecule has 0 atom stereocenters. The van der Waals surface area contributed by atoms with Gasteiger partial charge in [0.05, 0.1) is 5.39 Å². The first-order valence-corrected chi connectivity index (χ1v) is 11.6. The van der Waals surface area contributed by atoms with Gasteiger partial charge in [-0.05, 0) is 53.1 Å². The molecule has 0 fully saturated rings. The van der Waals surface area contributed by atoms with Crippen LogP contribution in [-0.4, -0.2) is 16.5 Å². The number of hydrogen-bond acceptors (Lipinski definition) is 4. The molecule has 1 aliphatic rings. The number of fused-ring (bicyclic) bond motifs is 2. The van der Waals surface area contributed by atoms with Gasteiger partial charge in [0, 0.05) is 23.5 Å². The molecule has 4 aromatic rings. The van der Waals surface area contributed by atoms with Crippen LogP contribution in [-0.2, 0) is 13.0 Å². The highest BCUT2D eigenvalue weighted by Gasteiger charge is 2.24. The second-order valence-corrected chi connectivity index (χ2v) is 9.79. The Morgan fingerprint density at radius 3 is 2.47 bits per heavy atom. The highest BCUT2D eigenvalue weighted by atomic mass is 35.5. The van der Waals surface area contributed by atoms with Crippen LogP contribution in [0.3, 0.4) is 0 Å². The predicted octanol–water partition coefficient (Wildman–Crippen LogP) is 7.01. The second kappa shape index (κ2) is 7.68. The van der Waals surface area contributed by atoms with Crippen molar-refractivity contribution in [3.05, 3.63) is 75.4 Å². The second-order valence-electron chi connectivity index (χ2n) is 8.25. The third kappa shape index (κ3) is 3.38. The third-order valence-electron chi connectivity index (χ3n) is 5.98. The molecule has 0 radical (unpaired) electrons. The standard InChI is InChI=1S/C25H24ClN3S/c1-15(2)17-8-10-19(11-9-17)21-16(3)30-24-22(21)23(27-25(26)28-24)29-13-12-18-6-4-5-7-20(18)14-29/h4-11,15H,12-14H2,1-3H3. The minimum atomic E-state index is 0.319. The van der Waals surface area contributed by atoms with E-state index in [4.69, 9.17) is 16.6 Å². The third-order valence-corrected chi connectivity index (χ3v) is 7.15. The fraction of sp³-hybridized carbons (Fsp3) is 0.280. The van der Waals surface area contributed by atoms with Crippen molar-refractivity contribution in [2.75, 3.05) is 11.4 Å².